The van der Waals surface area contributed by atoms with Gasteiger partial charge < -0.3 is 0 Å². The Labute approximate surface area is 83.7 Å². The van der Waals surface area contributed by atoms with E-state index in [-0.39, 0.29) is 5.56 Å². The van der Waals surface area contributed by atoms with E-state index in [4.69, 9.17) is 0 Å². The first-order valence-corrected chi connectivity index (χ1v) is 4.16. The van der Waals surface area contributed by atoms with Gasteiger partial charge in [0.15, 0.2) is 5.78 Å². The molecule has 82 valence electrons. The number of carbonyl (C=O) groups is 1. The molecule has 0 amide bonds. The van der Waals surface area contributed by atoms with Gasteiger partial charge in [-0.2, -0.15) is 13.2 Å². The molecule has 0 bridgehead atoms. The maximum atomic E-state index is 12.7. The van der Waals surface area contributed by atoms with Crippen LogP contribution in [0.4, 0.5) is 17.6 Å². The molecule has 0 saturated heterocycles. The summed E-state index contributed by atoms with van der Waals surface area (Å²) < 4.78 is 48.4. The molecule has 0 radical (unpaired) electrons. The van der Waals surface area contributed by atoms with Gasteiger partial charge in [-0.25, -0.2) is 4.39 Å². The van der Waals surface area contributed by atoms with E-state index in [0.29, 0.717) is 5.56 Å². The highest BCUT2D eigenvalue weighted by Gasteiger charge is 2.32. The molecule has 1 rings (SSSR count). The second kappa shape index (κ2) is 4.00. The normalized spacial score (nSPS) is 11.5. The summed E-state index contributed by atoms with van der Waals surface area (Å²) in [4.78, 5) is 11.1. The smallest absolute Gasteiger partial charge is 0.294 e. The number of benzene rings is 1. The summed E-state index contributed by atoms with van der Waals surface area (Å²) in [5.41, 5.74) is 0.123. The van der Waals surface area contributed by atoms with Crippen LogP contribution in [0, 0.1) is 12.7 Å². The standard InChI is InChI=1S/C10H8F4O/c1-6-2-3-7(11)4-8(6)9(15)5-10(12,13)14/h2-4H,5H2,1H3. The van der Waals surface area contributed by atoms with Crippen LogP contribution >= 0.6 is 0 Å². The van der Waals surface area contributed by atoms with E-state index in [1.807, 2.05) is 0 Å². The summed E-state index contributed by atoms with van der Waals surface area (Å²) in [7, 11) is 0. The molecule has 15 heavy (non-hydrogen) atoms. The fourth-order valence-electron chi connectivity index (χ4n) is 1.17. The minimum absolute atomic E-state index is 0.215. The van der Waals surface area contributed by atoms with Crippen LogP contribution in [0.25, 0.3) is 0 Å². The topological polar surface area (TPSA) is 17.1 Å². The molecule has 0 fully saturated rings. The van der Waals surface area contributed by atoms with Crippen LogP contribution in [-0.4, -0.2) is 12.0 Å². The first kappa shape index (κ1) is 11.7. The van der Waals surface area contributed by atoms with Gasteiger partial charge in [0.05, 0.1) is 0 Å². The molecular weight excluding hydrogens is 212 g/mol. The van der Waals surface area contributed by atoms with Crippen LogP contribution in [0.2, 0.25) is 0 Å². The lowest BCUT2D eigenvalue weighted by Crippen LogP contribution is -2.15. The minimum Gasteiger partial charge on any atom is -0.294 e. The van der Waals surface area contributed by atoms with Crippen molar-refractivity contribution < 1.29 is 22.4 Å². The Bertz CT molecular complexity index is 381. The second-order valence-electron chi connectivity index (χ2n) is 3.17. The molecule has 0 saturated carbocycles. The van der Waals surface area contributed by atoms with Gasteiger partial charge >= 0.3 is 6.18 Å². The van der Waals surface area contributed by atoms with E-state index < -0.39 is 24.2 Å². The van der Waals surface area contributed by atoms with Crippen molar-refractivity contribution in [3.8, 4) is 0 Å². The average Bonchev–Trinajstić information content (AvgIpc) is 2.06. The summed E-state index contributed by atoms with van der Waals surface area (Å²) in [6.07, 6.45) is -6.12. The number of carbonyl (C=O) groups excluding carboxylic acids is 1. The summed E-state index contributed by atoms with van der Waals surface area (Å²) >= 11 is 0. The van der Waals surface area contributed by atoms with Gasteiger partial charge in [0.1, 0.15) is 12.2 Å². The summed E-state index contributed by atoms with van der Waals surface area (Å²) in [6, 6.07) is 3.20. The molecule has 0 unspecified atom stereocenters. The number of rotatable bonds is 2. The van der Waals surface area contributed by atoms with Crippen LogP contribution < -0.4 is 0 Å². The SMILES string of the molecule is Cc1ccc(F)cc1C(=O)CC(F)(F)F. The van der Waals surface area contributed by atoms with Gasteiger partial charge in [0, 0.05) is 5.56 Å². The van der Waals surface area contributed by atoms with Crippen molar-refractivity contribution in [1.29, 1.82) is 0 Å². The van der Waals surface area contributed by atoms with E-state index in [0.717, 1.165) is 12.1 Å². The molecule has 1 nitrogen and oxygen atoms in total. The largest absolute Gasteiger partial charge is 0.396 e. The highest BCUT2D eigenvalue weighted by molar-refractivity contribution is 5.97. The summed E-state index contributed by atoms with van der Waals surface area (Å²) in [5, 5.41) is 0. The number of hydrogen-bond acceptors (Lipinski definition) is 1. The number of alkyl halides is 3. The third-order valence-electron chi connectivity index (χ3n) is 1.86. The molecule has 1 aromatic carbocycles. The summed E-state index contributed by atoms with van der Waals surface area (Å²) in [5.74, 6) is -1.83. The van der Waals surface area contributed by atoms with E-state index in [2.05, 4.69) is 0 Å². The average molecular weight is 220 g/mol. The predicted molar refractivity (Wildman–Crippen MR) is 46.1 cm³/mol. The molecule has 0 heterocycles. The quantitative estimate of drug-likeness (QED) is 0.552. The van der Waals surface area contributed by atoms with E-state index in [9.17, 15) is 22.4 Å². The first-order chi connectivity index (χ1) is 6.79. The molecule has 0 aliphatic carbocycles. The fourth-order valence-corrected chi connectivity index (χ4v) is 1.17. The van der Waals surface area contributed by atoms with Crippen LogP contribution in [0.1, 0.15) is 22.3 Å². The molecule has 0 atom stereocenters. The number of hydrogen-bond donors (Lipinski definition) is 0. The second-order valence-corrected chi connectivity index (χ2v) is 3.17. The van der Waals surface area contributed by atoms with E-state index in [1.54, 1.807) is 0 Å². The van der Waals surface area contributed by atoms with Gasteiger partial charge in [-0.05, 0) is 24.6 Å². The molecule has 0 N–H and O–H groups in total. The van der Waals surface area contributed by atoms with Crippen LogP contribution in [0.15, 0.2) is 18.2 Å². The van der Waals surface area contributed by atoms with Crippen molar-refractivity contribution in [3.63, 3.8) is 0 Å². The highest BCUT2D eigenvalue weighted by Crippen LogP contribution is 2.23. The molecular formula is C10H8F4O. The zero-order valence-electron chi connectivity index (χ0n) is 7.86. The van der Waals surface area contributed by atoms with E-state index >= 15 is 0 Å². The van der Waals surface area contributed by atoms with Crippen molar-refractivity contribution in [3.05, 3.63) is 35.1 Å². The Morgan fingerprint density at radius 1 is 1.33 bits per heavy atom. The maximum absolute atomic E-state index is 12.7. The number of aryl methyl sites for hydroxylation is 1. The van der Waals surface area contributed by atoms with Crippen molar-refractivity contribution in [2.45, 2.75) is 19.5 Å². The number of ketones is 1. The highest BCUT2D eigenvalue weighted by atomic mass is 19.4. The van der Waals surface area contributed by atoms with Gasteiger partial charge in [-0.15, -0.1) is 0 Å². The Morgan fingerprint density at radius 3 is 2.47 bits per heavy atom. The molecule has 1 aromatic rings. The van der Waals surface area contributed by atoms with Gasteiger partial charge in [0.25, 0.3) is 0 Å². The lowest BCUT2D eigenvalue weighted by atomic mass is 10.0. The van der Waals surface area contributed by atoms with Gasteiger partial charge in [0.2, 0.25) is 0 Å². The molecule has 0 aliphatic rings. The van der Waals surface area contributed by atoms with Crippen molar-refractivity contribution in [2.75, 3.05) is 0 Å². The van der Waals surface area contributed by atoms with Crippen LogP contribution in [0.5, 0.6) is 0 Å². The third kappa shape index (κ3) is 3.34. The zero-order chi connectivity index (χ0) is 11.6. The lowest BCUT2D eigenvalue weighted by Gasteiger charge is -2.07. The minimum atomic E-state index is -4.56. The molecule has 0 aromatic heterocycles. The van der Waals surface area contributed by atoms with Crippen LogP contribution in [-0.2, 0) is 0 Å². The lowest BCUT2D eigenvalue weighted by molar-refractivity contribution is -0.125. The Hall–Kier alpha value is -1.39. The molecule has 0 spiro atoms. The van der Waals surface area contributed by atoms with Gasteiger partial charge in [-0.1, -0.05) is 6.07 Å². The van der Waals surface area contributed by atoms with Crippen molar-refractivity contribution in [2.24, 2.45) is 0 Å². The Kier molecular flexibility index (Phi) is 3.12. The summed E-state index contributed by atoms with van der Waals surface area (Å²) in [6.45, 7) is 1.46. The molecule has 0 aliphatic heterocycles. The van der Waals surface area contributed by atoms with Crippen molar-refractivity contribution >= 4 is 5.78 Å². The number of Topliss-reactive ketones (excluding diaryl/α,β-unsaturated/α-hetero) is 1. The van der Waals surface area contributed by atoms with Crippen LogP contribution in [0.3, 0.4) is 0 Å². The monoisotopic (exact) mass is 220 g/mol. The maximum Gasteiger partial charge on any atom is 0.396 e. The number of halogens is 4. The van der Waals surface area contributed by atoms with Gasteiger partial charge in [-0.3, -0.25) is 4.79 Å². The predicted octanol–water partition coefficient (Wildman–Crippen LogP) is 3.27. The van der Waals surface area contributed by atoms with E-state index in [1.165, 1.54) is 13.0 Å². The zero-order valence-corrected chi connectivity index (χ0v) is 7.86. The molecule has 5 heteroatoms. The fraction of sp³-hybridized carbons (Fsp3) is 0.300. The van der Waals surface area contributed by atoms with Crippen molar-refractivity contribution in [1.82, 2.24) is 0 Å². The Morgan fingerprint density at radius 2 is 1.93 bits per heavy atom. The Balaban J connectivity index is 2.96. The third-order valence-corrected chi connectivity index (χ3v) is 1.86. The first-order valence-electron chi connectivity index (χ1n) is 4.16.